The quantitative estimate of drug-likeness (QED) is 0.141. The summed E-state index contributed by atoms with van der Waals surface area (Å²) in [6.45, 7) is 0.883. The van der Waals surface area contributed by atoms with E-state index in [2.05, 4.69) is 34.7 Å². The Morgan fingerprint density at radius 3 is 2.26 bits per heavy atom. The number of rotatable bonds is 8. The summed E-state index contributed by atoms with van der Waals surface area (Å²) in [4.78, 5) is 12.2. The molecule has 0 bridgehead atoms. The molecule has 0 spiro atoms. The van der Waals surface area contributed by atoms with Crippen LogP contribution in [-0.2, 0) is 17.8 Å². The standard InChI is InChI=1S/C27H27N5O2/c28-26(31-29)16-32-15-17(18-7-5-6-12-25(18)32)13-24(27(33)34)30-14-23-21-10-3-1-8-19(21)20-9-2-4-11-22(20)23/h1-12,15,23-24,30H,13-14,16,29H2,(H2,28,31)(H,33,34). The van der Waals surface area contributed by atoms with E-state index < -0.39 is 12.0 Å². The first-order valence-corrected chi connectivity index (χ1v) is 11.3. The van der Waals surface area contributed by atoms with E-state index in [0.717, 1.165) is 16.5 Å². The number of para-hydroxylation sites is 1. The van der Waals surface area contributed by atoms with Crippen molar-refractivity contribution in [3.63, 3.8) is 0 Å². The first kappa shape index (κ1) is 21.7. The van der Waals surface area contributed by atoms with Gasteiger partial charge >= 0.3 is 5.97 Å². The van der Waals surface area contributed by atoms with Crippen molar-refractivity contribution in [2.75, 3.05) is 6.54 Å². The average Bonchev–Trinajstić information content (AvgIpc) is 3.37. The number of fused-ring (bicyclic) bond motifs is 4. The molecule has 4 aromatic rings. The van der Waals surface area contributed by atoms with E-state index in [-0.39, 0.29) is 5.92 Å². The molecule has 1 aliphatic rings. The van der Waals surface area contributed by atoms with Gasteiger partial charge in [0.05, 0.1) is 6.54 Å². The lowest BCUT2D eigenvalue weighted by molar-refractivity contribution is -0.139. The lowest BCUT2D eigenvalue weighted by Gasteiger charge is -2.19. The number of aliphatic carboxylic acids is 1. The van der Waals surface area contributed by atoms with E-state index in [1.807, 2.05) is 59.3 Å². The molecule has 0 aliphatic heterocycles. The van der Waals surface area contributed by atoms with Crippen LogP contribution in [0.5, 0.6) is 0 Å². The Kier molecular flexibility index (Phi) is 5.77. The number of aromatic nitrogens is 1. The van der Waals surface area contributed by atoms with Gasteiger partial charge in [0.25, 0.3) is 0 Å². The second kappa shape index (κ2) is 9.03. The van der Waals surface area contributed by atoms with Crippen LogP contribution in [-0.4, -0.2) is 34.1 Å². The van der Waals surface area contributed by atoms with Gasteiger partial charge in [0.2, 0.25) is 0 Å². The molecule has 0 fully saturated rings. The van der Waals surface area contributed by atoms with Crippen LogP contribution in [0.1, 0.15) is 22.6 Å². The van der Waals surface area contributed by atoms with Gasteiger partial charge in [-0.1, -0.05) is 66.7 Å². The number of hydrogen-bond acceptors (Lipinski definition) is 4. The first-order chi connectivity index (χ1) is 16.6. The van der Waals surface area contributed by atoms with Crippen molar-refractivity contribution < 1.29 is 9.90 Å². The summed E-state index contributed by atoms with van der Waals surface area (Å²) in [5.41, 5.74) is 12.7. The summed E-state index contributed by atoms with van der Waals surface area (Å²) in [6, 6.07) is 23.8. The molecule has 1 aliphatic carbocycles. The van der Waals surface area contributed by atoms with Crippen LogP contribution in [0.2, 0.25) is 0 Å². The maximum Gasteiger partial charge on any atom is 0.321 e. The molecule has 0 saturated carbocycles. The topological polar surface area (TPSA) is 119 Å². The molecule has 1 heterocycles. The predicted octanol–water partition coefficient (Wildman–Crippen LogP) is 3.27. The Bertz CT molecular complexity index is 1350. The molecule has 7 heteroatoms. The van der Waals surface area contributed by atoms with Gasteiger partial charge in [-0.3, -0.25) is 4.79 Å². The number of carbonyl (C=O) groups is 1. The molecule has 34 heavy (non-hydrogen) atoms. The van der Waals surface area contributed by atoms with Gasteiger partial charge in [-0.05, 0) is 33.9 Å². The molecular weight excluding hydrogens is 426 g/mol. The number of hydrazone groups is 1. The summed E-state index contributed by atoms with van der Waals surface area (Å²) in [7, 11) is 0. The van der Waals surface area contributed by atoms with Gasteiger partial charge in [0.1, 0.15) is 11.9 Å². The maximum atomic E-state index is 12.2. The Balaban J connectivity index is 1.41. The van der Waals surface area contributed by atoms with Crippen molar-refractivity contribution in [1.29, 1.82) is 0 Å². The minimum atomic E-state index is -0.876. The van der Waals surface area contributed by atoms with Gasteiger partial charge in [0, 0.05) is 36.0 Å². The number of benzene rings is 3. The van der Waals surface area contributed by atoms with Crippen LogP contribution in [0.3, 0.4) is 0 Å². The monoisotopic (exact) mass is 453 g/mol. The summed E-state index contributed by atoms with van der Waals surface area (Å²) in [6.07, 6.45) is 2.29. The molecule has 0 saturated heterocycles. The highest BCUT2D eigenvalue weighted by Crippen LogP contribution is 2.44. The Labute approximate surface area is 197 Å². The Morgan fingerprint density at radius 2 is 1.62 bits per heavy atom. The minimum Gasteiger partial charge on any atom is -0.480 e. The fourth-order valence-electron chi connectivity index (χ4n) is 5.04. The zero-order valence-electron chi connectivity index (χ0n) is 18.7. The van der Waals surface area contributed by atoms with E-state index in [0.29, 0.717) is 25.3 Å². The molecule has 7 nitrogen and oxygen atoms in total. The summed E-state index contributed by atoms with van der Waals surface area (Å²) in [5.74, 6) is 4.86. The number of nitrogens with one attached hydrogen (secondary N) is 1. The predicted molar refractivity (Wildman–Crippen MR) is 135 cm³/mol. The highest BCUT2D eigenvalue weighted by molar-refractivity contribution is 5.88. The maximum absolute atomic E-state index is 12.2. The normalized spacial score (nSPS) is 14.2. The fraction of sp³-hybridized carbons (Fsp3) is 0.185. The zero-order valence-corrected chi connectivity index (χ0v) is 18.7. The second-order valence-corrected chi connectivity index (χ2v) is 8.65. The van der Waals surface area contributed by atoms with Crippen LogP contribution in [0.25, 0.3) is 22.0 Å². The molecule has 172 valence electrons. The third-order valence-electron chi connectivity index (χ3n) is 6.62. The van der Waals surface area contributed by atoms with Gasteiger partial charge in [-0.2, -0.15) is 5.10 Å². The molecular formula is C27H27N5O2. The van der Waals surface area contributed by atoms with Crippen LogP contribution in [0.15, 0.2) is 84.1 Å². The largest absolute Gasteiger partial charge is 0.480 e. The lowest BCUT2D eigenvalue weighted by atomic mass is 9.96. The van der Waals surface area contributed by atoms with Crippen LogP contribution in [0, 0.1) is 0 Å². The van der Waals surface area contributed by atoms with E-state index in [1.54, 1.807) is 0 Å². The highest BCUT2D eigenvalue weighted by atomic mass is 16.4. The molecule has 3 aromatic carbocycles. The molecule has 1 aromatic heterocycles. The van der Waals surface area contributed by atoms with Gasteiger partial charge in [-0.15, -0.1) is 0 Å². The van der Waals surface area contributed by atoms with Crippen LogP contribution in [0.4, 0.5) is 0 Å². The van der Waals surface area contributed by atoms with Crippen molar-refractivity contribution >= 4 is 22.7 Å². The Hall–Kier alpha value is -4.10. The molecule has 0 radical (unpaired) electrons. The molecule has 1 unspecified atom stereocenters. The number of amidine groups is 1. The number of nitrogens with two attached hydrogens (primary N) is 2. The van der Waals surface area contributed by atoms with Crippen molar-refractivity contribution in [2.24, 2.45) is 16.7 Å². The number of carboxylic acid groups (broad SMARTS) is 1. The van der Waals surface area contributed by atoms with Crippen molar-refractivity contribution in [2.45, 2.75) is 24.9 Å². The summed E-state index contributed by atoms with van der Waals surface area (Å²) < 4.78 is 1.96. The van der Waals surface area contributed by atoms with Crippen molar-refractivity contribution in [3.05, 3.63) is 95.7 Å². The van der Waals surface area contributed by atoms with Crippen LogP contribution >= 0.6 is 0 Å². The number of nitrogens with zero attached hydrogens (tertiary/aromatic N) is 2. The highest BCUT2D eigenvalue weighted by Gasteiger charge is 2.29. The third-order valence-corrected chi connectivity index (χ3v) is 6.62. The average molecular weight is 454 g/mol. The van der Waals surface area contributed by atoms with Crippen LogP contribution < -0.4 is 16.9 Å². The van der Waals surface area contributed by atoms with Gasteiger partial charge in [0.15, 0.2) is 0 Å². The minimum absolute atomic E-state index is 0.108. The van der Waals surface area contributed by atoms with E-state index >= 15 is 0 Å². The summed E-state index contributed by atoms with van der Waals surface area (Å²) in [5, 5.41) is 17.9. The van der Waals surface area contributed by atoms with Crippen molar-refractivity contribution in [1.82, 2.24) is 9.88 Å². The third kappa shape index (κ3) is 3.91. The zero-order chi connectivity index (χ0) is 23.7. The fourth-order valence-corrected chi connectivity index (χ4v) is 5.04. The van der Waals surface area contributed by atoms with E-state index in [1.165, 1.54) is 22.3 Å². The lowest BCUT2D eigenvalue weighted by Crippen LogP contribution is -2.40. The van der Waals surface area contributed by atoms with Gasteiger partial charge in [-0.25, -0.2) is 0 Å². The number of hydrogen-bond donors (Lipinski definition) is 4. The van der Waals surface area contributed by atoms with E-state index in [9.17, 15) is 9.90 Å². The SMILES string of the molecule is N/N=C(\N)Cn1cc(CC(NCC2c3ccccc3-c3ccccc32)C(=O)O)c2ccccc21. The second-order valence-electron chi connectivity index (χ2n) is 8.65. The van der Waals surface area contributed by atoms with Gasteiger partial charge < -0.3 is 26.6 Å². The van der Waals surface area contributed by atoms with E-state index in [4.69, 9.17) is 11.6 Å². The molecule has 6 N–H and O–H groups in total. The first-order valence-electron chi connectivity index (χ1n) is 11.3. The molecule has 5 rings (SSSR count). The molecule has 1 atom stereocenters. The Morgan fingerprint density at radius 1 is 1.00 bits per heavy atom. The summed E-state index contributed by atoms with van der Waals surface area (Å²) >= 11 is 0. The van der Waals surface area contributed by atoms with Crippen molar-refractivity contribution in [3.8, 4) is 11.1 Å². The molecule has 0 amide bonds. The number of carboxylic acids is 1. The smallest absolute Gasteiger partial charge is 0.321 e.